The second kappa shape index (κ2) is 4.31. The zero-order valence-corrected chi connectivity index (χ0v) is 10.2. The van der Waals surface area contributed by atoms with Crippen LogP contribution in [0, 0.1) is 5.92 Å². The Bertz CT molecular complexity index is 295. The zero-order chi connectivity index (χ0) is 12.5. The van der Waals surface area contributed by atoms with E-state index in [1.807, 2.05) is 27.7 Å². The fraction of sp³-hybridized carbons (Fsp3) is 0.818. The van der Waals surface area contributed by atoms with Crippen molar-refractivity contribution in [2.45, 2.75) is 45.8 Å². The Hall–Kier alpha value is -1.26. The molecule has 2 atom stereocenters. The molecule has 0 spiro atoms. The Labute approximate surface area is 95.4 Å². The lowest BCUT2D eigenvalue weighted by Gasteiger charge is -2.45. The number of likely N-dealkylation sites (tertiary alicyclic amines) is 1. The summed E-state index contributed by atoms with van der Waals surface area (Å²) in [4.78, 5) is 23.7. The number of nitrogens with zero attached hydrogens (tertiary/aromatic N) is 1. The van der Waals surface area contributed by atoms with Gasteiger partial charge < -0.3 is 14.7 Å². The van der Waals surface area contributed by atoms with E-state index in [0.29, 0.717) is 6.54 Å². The molecule has 0 radical (unpaired) electrons. The van der Waals surface area contributed by atoms with Crippen molar-refractivity contribution >= 4 is 12.1 Å². The van der Waals surface area contributed by atoms with Crippen LogP contribution in [0.25, 0.3) is 0 Å². The van der Waals surface area contributed by atoms with Crippen molar-refractivity contribution in [3.63, 3.8) is 0 Å². The van der Waals surface area contributed by atoms with Gasteiger partial charge >= 0.3 is 12.1 Å². The maximum absolute atomic E-state index is 11.6. The first-order chi connectivity index (χ1) is 7.20. The lowest BCUT2D eigenvalue weighted by molar-refractivity contribution is -0.140. The van der Waals surface area contributed by atoms with E-state index < -0.39 is 11.6 Å². The molecule has 1 heterocycles. The summed E-state index contributed by atoms with van der Waals surface area (Å²) >= 11 is 0. The highest BCUT2D eigenvalue weighted by Gasteiger charge is 2.41. The summed E-state index contributed by atoms with van der Waals surface area (Å²) in [5, 5.41) is 8.64. The fourth-order valence-corrected chi connectivity index (χ4v) is 1.71. The summed E-state index contributed by atoms with van der Waals surface area (Å²) in [5.74, 6) is -0.772. The quantitative estimate of drug-likeness (QED) is 0.782. The standard InChI is InChI=1S/C11H19NO4/c1-7-8(5-9(13)14)6-12(7)10(15)16-11(2,3)4/h7-8H,5-6H2,1-4H3,(H,13,14). The lowest BCUT2D eigenvalue weighted by Crippen LogP contribution is -2.58. The average Bonchev–Trinajstić information content (AvgIpc) is 2.07. The van der Waals surface area contributed by atoms with E-state index in [0.717, 1.165) is 0 Å². The van der Waals surface area contributed by atoms with Gasteiger partial charge in [-0.05, 0) is 27.7 Å². The molecule has 5 nitrogen and oxygen atoms in total. The molecule has 1 rings (SSSR count). The van der Waals surface area contributed by atoms with Gasteiger partial charge in [0.1, 0.15) is 5.60 Å². The molecule has 5 heteroatoms. The van der Waals surface area contributed by atoms with Crippen LogP contribution < -0.4 is 0 Å². The molecule has 0 bridgehead atoms. The summed E-state index contributed by atoms with van der Waals surface area (Å²) in [7, 11) is 0. The van der Waals surface area contributed by atoms with E-state index in [1.54, 1.807) is 4.90 Å². The minimum Gasteiger partial charge on any atom is -0.481 e. The third kappa shape index (κ3) is 3.12. The maximum Gasteiger partial charge on any atom is 0.410 e. The second-order valence-corrected chi connectivity index (χ2v) is 5.23. The molecule has 16 heavy (non-hydrogen) atoms. The molecule has 0 aromatic rings. The molecule has 1 fully saturated rings. The molecular weight excluding hydrogens is 210 g/mol. The van der Waals surface area contributed by atoms with Gasteiger partial charge in [-0.1, -0.05) is 0 Å². The fourth-order valence-electron chi connectivity index (χ4n) is 1.71. The van der Waals surface area contributed by atoms with E-state index in [4.69, 9.17) is 9.84 Å². The normalized spacial score (nSPS) is 24.9. The molecule has 1 saturated heterocycles. The number of hydrogen-bond acceptors (Lipinski definition) is 3. The molecule has 0 saturated carbocycles. The molecule has 1 aliphatic heterocycles. The molecule has 1 aliphatic rings. The van der Waals surface area contributed by atoms with Crippen LogP contribution in [-0.4, -0.2) is 40.3 Å². The lowest BCUT2D eigenvalue weighted by atomic mass is 9.87. The van der Waals surface area contributed by atoms with Crippen LogP contribution >= 0.6 is 0 Å². The topological polar surface area (TPSA) is 66.8 Å². The van der Waals surface area contributed by atoms with Gasteiger partial charge in [0.15, 0.2) is 0 Å². The summed E-state index contributed by atoms with van der Waals surface area (Å²) in [5.41, 5.74) is -0.505. The first kappa shape index (κ1) is 12.8. The van der Waals surface area contributed by atoms with Crippen LogP contribution in [0.1, 0.15) is 34.1 Å². The summed E-state index contributed by atoms with van der Waals surface area (Å²) in [6.45, 7) is 7.75. The predicted molar refractivity (Wildman–Crippen MR) is 58.1 cm³/mol. The number of ether oxygens (including phenoxy) is 1. The van der Waals surface area contributed by atoms with Crippen LogP contribution in [0.4, 0.5) is 4.79 Å². The number of aliphatic carboxylic acids is 1. The smallest absolute Gasteiger partial charge is 0.410 e. The van der Waals surface area contributed by atoms with Gasteiger partial charge in [-0.15, -0.1) is 0 Å². The molecule has 1 N–H and O–H groups in total. The van der Waals surface area contributed by atoms with Crippen LogP contribution in [0.2, 0.25) is 0 Å². The van der Waals surface area contributed by atoms with Crippen molar-refractivity contribution in [3.8, 4) is 0 Å². The summed E-state index contributed by atoms with van der Waals surface area (Å²) in [6.07, 6.45) is -0.248. The first-order valence-corrected chi connectivity index (χ1v) is 5.42. The minimum atomic E-state index is -0.819. The van der Waals surface area contributed by atoms with Gasteiger partial charge in [-0.25, -0.2) is 4.79 Å². The molecule has 92 valence electrons. The third-order valence-electron chi connectivity index (χ3n) is 2.67. The van der Waals surface area contributed by atoms with Gasteiger partial charge in [-0.2, -0.15) is 0 Å². The number of amides is 1. The van der Waals surface area contributed by atoms with Gasteiger partial charge in [0.05, 0.1) is 6.42 Å². The Kier molecular flexibility index (Phi) is 3.45. The number of carboxylic acid groups (broad SMARTS) is 1. The Balaban J connectivity index is 2.43. The van der Waals surface area contributed by atoms with Crippen molar-refractivity contribution in [2.75, 3.05) is 6.54 Å². The van der Waals surface area contributed by atoms with Crippen LogP contribution in [0.5, 0.6) is 0 Å². The van der Waals surface area contributed by atoms with Crippen molar-refractivity contribution in [2.24, 2.45) is 5.92 Å². The Morgan fingerprint density at radius 3 is 2.38 bits per heavy atom. The van der Waals surface area contributed by atoms with Crippen molar-refractivity contribution < 1.29 is 19.4 Å². The third-order valence-corrected chi connectivity index (χ3v) is 2.67. The highest BCUT2D eigenvalue weighted by Crippen LogP contribution is 2.29. The monoisotopic (exact) mass is 229 g/mol. The van der Waals surface area contributed by atoms with E-state index in [1.165, 1.54) is 0 Å². The molecule has 0 aliphatic carbocycles. The van der Waals surface area contributed by atoms with E-state index in [2.05, 4.69) is 0 Å². The van der Waals surface area contributed by atoms with E-state index in [9.17, 15) is 9.59 Å². The number of rotatable bonds is 2. The number of carboxylic acids is 1. The van der Waals surface area contributed by atoms with Gasteiger partial charge in [0, 0.05) is 18.5 Å². The maximum atomic E-state index is 11.6. The highest BCUT2D eigenvalue weighted by molar-refractivity contribution is 5.71. The average molecular weight is 229 g/mol. The predicted octanol–water partition coefficient (Wildman–Crippen LogP) is 1.72. The van der Waals surface area contributed by atoms with Gasteiger partial charge in [-0.3, -0.25) is 4.79 Å². The Morgan fingerprint density at radius 1 is 1.44 bits per heavy atom. The van der Waals surface area contributed by atoms with E-state index >= 15 is 0 Å². The van der Waals surface area contributed by atoms with Crippen molar-refractivity contribution in [1.82, 2.24) is 4.90 Å². The number of hydrogen-bond donors (Lipinski definition) is 1. The summed E-state index contributed by atoms with van der Waals surface area (Å²) in [6, 6.07) is -0.0500. The molecule has 0 aromatic carbocycles. The second-order valence-electron chi connectivity index (χ2n) is 5.23. The van der Waals surface area contributed by atoms with Gasteiger partial charge in [0.25, 0.3) is 0 Å². The molecular formula is C11H19NO4. The SMILES string of the molecule is CC1C(CC(=O)O)CN1C(=O)OC(C)(C)C. The largest absolute Gasteiger partial charge is 0.481 e. The van der Waals surface area contributed by atoms with Crippen LogP contribution in [-0.2, 0) is 9.53 Å². The highest BCUT2D eigenvalue weighted by atomic mass is 16.6. The number of carbonyl (C=O) groups is 2. The molecule has 1 amide bonds. The van der Waals surface area contributed by atoms with Crippen LogP contribution in [0.15, 0.2) is 0 Å². The summed E-state index contributed by atoms with van der Waals surface area (Å²) < 4.78 is 5.20. The van der Waals surface area contributed by atoms with Crippen LogP contribution in [0.3, 0.4) is 0 Å². The minimum absolute atomic E-state index is 0.0463. The van der Waals surface area contributed by atoms with E-state index in [-0.39, 0.29) is 24.5 Å². The van der Waals surface area contributed by atoms with Crippen molar-refractivity contribution in [1.29, 1.82) is 0 Å². The molecule has 0 aromatic heterocycles. The zero-order valence-electron chi connectivity index (χ0n) is 10.2. The first-order valence-electron chi connectivity index (χ1n) is 5.42. The Morgan fingerprint density at radius 2 is 2.00 bits per heavy atom. The molecule has 2 unspecified atom stereocenters. The number of carbonyl (C=O) groups excluding carboxylic acids is 1. The van der Waals surface area contributed by atoms with Gasteiger partial charge in [0.2, 0.25) is 0 Å². The van der Waals surface area contributed by atoms with Crippen molar-refractivity contribution in [3.05, 3.63) is 0 Å².